The molecule has 170 valence electrons. The smallest absolute Gasteiger partial charge is 0.337 e. The number of nitrogens with one attached hydrogen (secondary N) is 1. The van der Waals surface area contributed by atoms with Gasteiger partial charge in [0, 0.05) is 34.2 Å². The predicted octanol–water partition coefficient (Wildman–Crippen LogP) is 2.98. The Labute approximate surface area is 183 Å². The van der Waals surface area contributed by atoms with Gasteiger partial charge in [-0.2, -0.15) is 0 Å². The summed E-state index contributed by atoms with van der Waals surface area (Å²) in [5.74, 6) is -3.79. The third-order valence-electron chi connectivity index (χ3n) is 5.69. The second-order valence-corrected chi connectivity index (χ2v) is 7.63. The molecule has 9 heteroatoms. The van der Waals surface area contributed by atoms with Crippen molar-refractivity contribution in [1.82, 2.24) is 4.98 Å². The maximum Gasteiger partial charge on any atom is 0.337 e. The standard InChI is InChI=1S/C13H19NO4.C10H7NO3/c1-3-4-5-9-8(11(15)16)6-7-10(14)13(9,2)12(17)18;12-9-7-4-2-1-3-6(7)8(5-11-9)10(13)14/h6-7,9H,3-5,14H2,1-2H3,(H,15,16)(H,17,18);1-5H,(H,11,12)(H,13,14). The molecule has 1 aromatic carbocycles. The molecule has 6 N–H and O–H groups in total. The molecule has 0 bridgehead atoms. The van der Waals surface area contributed by atoms with Crippen LogP contribution in [0.4, 0.5) is 0 Å². The van der Waals surface area contributed by atoms with Crippen LogP contribution in [0.1, 0.15) is 43.5 Å². The molecule has 2 aromatic rings. The van der Waals surface area contributed by atoms with Gasteiger partial charge in [0.25, 0.3) is 5.56 Å². The zero-order valence-corrected chi connectivity index (χ0v) is 17.8. The average Bonchev–Trinajstić information content (AvgIpc) is 2.75. The molecule has 32 heavy (non-hydrogen) atoms. The highest BCUT2D eigenvalue weighted by Gasteiger charge is 2.48. The quantitative estimate of drug-likeness (QED) is 0.454. The van der Waals surface area contributed by atoms with Crippen molar-refractivity contribution in [3.05, 3.63) is 69.8 Å². The highest BCUT2D eigenvalue weighted by Crippen LogP contribution is 2.43. The van der Waals surface area contributed by atoms with E-state index in [0.717, 1.165) is 12.8 Å². The summed E-state index contributed by atoms with van der Waals surface area (Å²) in [4.78, 5) is 47.2. The third-order valence-corrected chi connectivity index (χ3v) is 5.69. The lowest BCUT2D eigenvalue weighted by Gasteiger charge is -2.37. The highest BCUT2D eigenvalue weighted by molar-refractivity contribution is 6.02. The number of pyridine rings is 1. The number of hydrogen-bond donors (Lipinski definition) is 5. The van der Waals surface area contributed by atoms with Crippen molar-refractivity contribution in [2.24, 2.45) is 17.1 Å². The average molecular weight is 442 g/mol. The van der Waals surface area contributed by atoms with Crippen molar-refractivity contribution < 1.29 is 29.7 Å². The normalized spacial score (nSPS) is 19.9. The summed E-state index contributed by atoms with van der Waals surface area (Å²) in [7, 11) is 0. The molecule has 0 amide bonds. The van der Waals surface area contributed by atoms with Gasteiger partial charge in [-0.25, -0.2) is 9.59 Å². The summed E-state index contributed by atoms with van der Waals surface area (Å²) in [6.07, 6.45) is 6.18. The van der Waals surface area contributed by atoms with E-state index in [2.05, 4.69) is 4.98 Å². The molecule has 2 unspecified atom stereocenters. The van der Waals surface area contributed by atoms with Crippen LogP contribution in [-0.4, -0.2) is 38.2 Å². The number of carboxylic acids is 3. The molecule has 1 aliphatic rings. The Bertz CT molecular complexity index is 1160. The molecular weight excluding hydrogens is 416 g/mol. The Hall–Kier alpha value is -3.88. The second-order valence-electron chi connectivity index (χ2n) is 7.63. The Morgan fingerprint density at radius 1 is 1.06 bits per heavy atom. The number of carboxylic acid groups (broad SMARTS) is 3. The molecule has 0 aliphatic heterocycles. The zero-order valence-electron chi connectivity index (χ0n) is 17.8. The van der Waals surface area contributed by atoms with E-state index in [1.807, 2.05) is 6.92 Å². The van der Waals surface area contributed by atoms with Crippen LogP contribution in [0.5, 0.6) is 0 Å². The van der Waals surface area contributed by atoms with E-state index in [-0.39, 0.29) is 22.4 Å². The molecule has 0 fully saturated rings. The number of unbranched alkanes of at least 4 members (excludes halogenated alkanes) is 1. The van der Waals surface area contributed by atoms with E-state index in [1.54, 1.807) is 24.3 Å². The van der Waals surface area contributed by atoms with Crippen molar-refractivity contribution in [1.29, 1.82) is 0 Å². The Morgan fingerprint density at radius 3 is 2.22 bits per heavy atom. The molecular formula is C23H26N2O7. The maximum absolute atomic E-state index is 11.5. The minimum Gasteiger partial charge on any atom is -0.481 e. The number of fused-ring (bicyclic) bond motifs is 1. The number of nitrogens with two attached hydrogens (primary N) is 1. The fourth-order valence-corrected chi connectivity index (χ4v) is 3.71. The van der Waals surface area contributed by atoms with Crippen LogP contribution < -0.4 is 11.3 Å². The third kappa shape index (κ3) is 4.72. The number of rotatable bonds is 6. The van der Waals surface area contributed by atoms with Crippen LogP contribution in [0.3, 0.4) is 0 Å². The number of aromatic carboxylic acids is 1. The van der Waals surface area contributed by atoms with E-state index >= 15 is 0 Å². The van der Waals surface area contributed by atoms with Gasteiger partial charge in [-0.05, 0) is 31.6 Å². The summed E-state index contributed by atoms with van der Waals surface area (Å²) in [6.45, 7) is 3.47. The van der Waals surface area contributed by atoms with Crippen molar-refractivity contribution in [2.75, 3.05) is 0 Å². The van der Waals surface area contributed by atoms with E-state index in [1.165, 1.54) is 25.3 Å². The van der Waals surface area contributed by atoms with Gasteiger partial charge in [-0.1, -0.05) is 38.0 Å². The van der Waals surface area contributed by atoms with Crippen molar-refractivity contribution in [3.63, 3.8) is 0 Å². The van der Waals surface area contributed by atoms with Gasteiger partial charge in [-0.15, -0.1) is 0 Å². The number of aromatic amines is 1. The van der Waals surface area contributed by atoms with Crippen molar-refractivity contribution in [2.45, 2.75) is 33.1 Å². The maximum atomic E-state index is 11.5. The molecule has 0 spiro atoms. The SMILES string of the molecule is CCCCC1C(C(=O)O)=CC=C(N)C1(C)C(=O)O.O=C(O)c1c[nH]c(=O)c2ccccc12. The number of carbonyl (C=O) groups is 3. The topological polar surface area (TPSA) is 171 Å². The Balaban J connectivity index is 0.000000233. The first-order valence-corrected chi connectivity index (χ1v) is 10.0. The van der Waals surface area contributed by atoms with E-state index in [4.69, 9.17) is 10.8 Å². The van der Waals surface area contributed by atoms with Crippen LogP contribution >= 0.6 is 0 Å². The van der Waals surface area contributed by atoms with Crippen LogP contribution in [0.2, 0.25) is 0 Å². The van der Waals surface area contributed by atoms with Gasteiger partial charge in [0.2, 0.25) is 0 Å². The Kier molecular flexibility index (Phi) is 7.58. The molecule has 0 saturated heterocycles. The van der Waals surface area contributed by atoms with E-state index in [9.17, 15) is 29.4 Å². The van der Waals surface area contributed by atoms with E-state index in [0.29, 0.717) is 17.2 Å². The first kappa shape index (κ1) is 24.4. The summed E-state index contributed by atoms with van der Waals surface area (Å²) in [5, 5.41) is 28.3. The fraction of sp³-hybridized carbons (Fsp3) is 0.304. The van der Waals surface area contributed by atoms with Crippen LogP contribution in [0.25, 0.3) is 10.8 Å². The minimum absolute atomic E-state index is 0.111. The van der Waals surface area contributed by atoms with Crippen molar-refractivity contribution >= 4 is 28.7 Å². The summed E-state index contributed by atoms with van der Waals surface area (Å²) in [5.41, 5.74) is 4.62. The molecule has 0 saturated carbocycles. The summed E-state index contributed by atoms with van der Waals surface area (Å²) < 4.78 is 0. The highest BCUT2D eigenvalue weighted by atomic mass is 16.4. The number of benzene rings is 1. The lowest BCUT2D eigenvalue weighted by atomic mass is 9.66. The lowest BCUT2D eigenvalue weighted by molar-refractivity contribution is -0.148. The molecule has 0 radical (unpaired) electrons. The first-order chi connectivity index (χ1) is 15.0. The number of hydrogen-bond acceptors (Lipinski definition) is 5. The summed E-state index contributed by atoms with van der Waals surface area (Å²) in [6, 6.07) is 6.62. The minimum atomic E-state index is -1.34. The molecule has 1 heterocycles. The van der Waals surface area contributed by atoms with Gasteiger partial charge < -0.3 is 26.0 Å². The molecule has 3 rings (SSSR count). The largest absolute Gasteiger partial charge is 0.481 e. The predicted molar refractivity (Wildman–Crippen MR) is 118 cm³/mol. The van der Waals surface area contributed by atoms with Gasteiger partial charge in [0.15, 0.2) is 0 Å². The van der Waals surface area contributed by atoms with Crippen LogP contribution in [0, 0.1) is 11.3 Å². The van der Waals surface area contributed by atoms with Gasteiger partial charge in [-0.3, -0.25) is 9.59 Å². The second kappa shape index (κ2) is 9.95. The van der Waals surface area contributed by atoms with Gasteiger partial charge in [0.1, 0.15) is 5.41 Å². The summed E-state index contributed by atoms with van der Waals surface area (Å²) >= 11 is 0. The number of aliphatic carboxylic acids is 2. The number of H-pyrrole nitrogens is 1. The van der Waals surface area contributed by atoms with Crippen molar-refractivity contribution in [3.8, 4) is 0 Å². The van der Waals surface area contributed by atoms with Crippen LogP contribution in [-0.2, 0) is 9.59 Å². The lowest BCUT2D eigenvalue weighted by Crippen LogP contribution is -2.44. The molecule has 2 atom stereocenters. The Morgan fingerprint density at radius 2 is 1.69 bits per heavy atom. The molecule has 9 nitrogen and oxygen atoms in total. The molecule has 1 aromatic heterocycles. The number of aromatic nitrogens is 1. The van der Waals surface area contributed by atoms with Gasteiger partial charge in [0.05, 0.1) is 5.56 Å². The van der Waals surface area contributed by atoms with Gasteiger partial charge >= 0.3 is 17.9 Å². The zero-order chi connectivity index (χ0) is 24.1. The fourth-order valence-electron chi connectivity index (χ4n) is 3.71. The van der Waals surface area contributed by atoms with E-state index < -0.39 is 29.2 Å². The monoisotopic (exact) mass is 442 g/mol. The molecule has 1 aliphatic carbocycles. The number of allylic oxidation sites excluding steroid dienone is 2. The van der Waals surface area contributed by atoms with Crippen LogP contribution in [0.15, 0.2) is 58.7 Å². The first-order valence-electron chi connectivity index (χ1n) is 10.0.